The molecule has 3 aromatic rings. The second kappa shape index (κ2) is 3.93. The lowest BCUT2D eigenvalue weighted by atomic mass is 10.3. The van der Waals surface area contributed by atoms with Gasteiger partial charge in [-0.15, -0.1) is 0 Å². The first kappa shape index (κ1) is 9.89. The highest BCUT2D eigenvalue weighted by atomic mass is 15.3. The third-order valence-corrected chi connectivity index (χ3v) is 2.80. The minimum Gasteiger partial charge on any atom is -0.369 e. The number of fused-ring (bicyclic) bond motifs is 1. The van der Waals surface area contributed by atoms with Crippen LogP contribution in [0, 0.1) is 0 Å². The number of imidazole rings is 1. The van der Waals surface area contributed by atoms with Gasteiger partial charge in [-0.2, -0.15) is 5.10 Å². The van der Waals surface area contributed by atoms with Crippen molar-refractivity contribution < 1.29 is 0 Å². The van der Waals surface area contributed by atoms with Gasteiger partial charge in [0.1, 0.15) is 0 Å². The van der Waals surface area contributed by atoms with Gasteiger partial charge < -0.3 is 10.3 Å². The summed E-state index contributed by atoms with van der Waals surface area (Å²) in [6.45, 7) is 1.56. The summed E-state index contributed by atoms with van der Waals surface area (Å²) in [5, 5.41) is 4.17. The number of benzene rings is 1. The highest BCUT2D eigenvalue weighted by molar-refractivity contribution is 5.78. The lowest BCUT2D eigenvalue weighted by molar-refractivity contribution is 0.545. The number of rotatable bonds is 3. The molecule has 0 unspecified atom stereocenters. The van der Waals surface area contributed by atoms with Crippen LogP contribution in [0.4, 0.5) is 5.95 Å². The van der Waals surface area contributed by atoms with Crippen LogP contribution >= 0.6 is 0 Å². The Morgan fingerprint density at radius 3 is 2.82 bits per heavy atom. The average Bonchev–Trinajstić information content (AvgIpc) is 2.93. The van der Waals surface area contributed by atoms with E-state index in [4.69, 9.17) is 5.73 Å². The van der Waals surface area contributed by atoms with Crippen LogP contribution in [0.2, 0.25) is 0 Å². The summed E-state index contributed by atoms with van der Waals surface area (Å²) in [6, 6.07) is 9.87. The Kier molecular flexibility index (Phi) is 2.29. The summed E-state index contributed by atoms with van der Waals surface area (Å²) in [5.41, 5.74) is 7.92. The van der Waals surface area contributed by atoms with E-state index in [-0.39, 0.29) is 0 Å². The lowest BCUT2D eigenvalue weighted by Crippen LogP contribution is -2.10. The molecule has 0 radical (unpaired) electrons. The summed E-state index contributed by atoms with van der Waals surface area (Å²) in [5.74, 6) is 0.554. The van der Waals surface area contributed by atoms with Gasteiger partial charge >= 0.3 is 0 Å². The van der Waals surface area contributed by atoms with Gasteiger partial charge in [0.15, 0.2) is 0 Å². The maximum Gasteiger partial charge on any atom is 0.201 e. The van der Waals surface area contributed by atoms with Crippen molar-refractivity contribution in [1.82, 2.24) is 19.3 Å². The zero-order valence-electron chi connectivity index (χ0n) is 9.32. The maximum atomic E-state index is 5.91. The fourth-order valence-electron chi connectivity index (χ4n) is 1.96. The molecular formula is C12H13N5. The molecule has 5 nitrogen and oxygen atoms in total. The van der Waals surface area contributed by atoms with E-state index in [9.17, 15) is 0 Å². The summed E-state index contributed by atoms with van der Waals surface area (Å²) >= 11 is 0. The van der Waals surface area contributed by atoms with E-state index in [1.807, 2.05) is 45.8 Å². The number of hydrogen-bond donors (Lipinski definition) is 1. The minimum absolute atomic E-state index is 0.554. The molecule has 0 aliphatic heterocycles. The first-order chi connectivity index (χ1) is 8.34. The second-order valence-corrected chi connectivity index (χ2v) is 3.88. The van der Waals surface area contributed by atoms with E-state index in [1.54, 1.807) is 6.20 Å². The highest BCUT2D eigenvalue weighted by Gasteiger charge is 2.06. The summed E-state index contributed by atoms with van der Waals surface area (Å²) < 4.78 is 3.89. The van der Waals surface area contributed by atoms with E-state index in [2.05, 4.69) is 10.1 Å². The predicted molar refractivity (Wildman–Crippen MR) is 66.4 cm³/mol. The van der Waals surface area contributed by atoms with Crippen molar-refractivity contribution in [2.24, 2.45) is 0 Å². The summed E-state index contributed by atoms with van der Waals surface area (Å²) in [7, 11) is 0. The van der Waals surface area contributed by atoms with E-state index < -0.39 is 0 Å². The van der Waals surface area contributed by atoms with Crippen LogP contribution in [0.5, 0.6) is 0 Å². The Morgan fingerprint density at radius 2 is 2.00 bits per heavy atom. The number of anilines is 1. The molecule has 0 aliphatic carbocycles. The van der Waals surface area contributed by atoms with Gasteiger partial charge in [0.05, 0.1) is 17.6 Å². The van der Waals surface area contributed by atoms with Gasteiger partial charge in [-0.25, -0.2) is 4.98 Å². The molecule has 0 aliphatic rings. The Labute approximate surface area is 98.5 Å². The van der Waals surface area contributed by atoms with E-state index in [0.29, 0.717) is 5.95 Å². The average molecular weight is 227 g/mol. The van der Waals surface area contributed by atoms with Crippen molar-refractivity contribution in [3.63, 3.8) is 0 Å². The molecule has 2 N–H and O–H groups in total. The zero-order chi connectivity index (χ0) is 11.7. The van der Waals surface area contributed by atoms with Crippen LogP contribution in [-0.4, -0.2) is 19.3 Å². The van der Waals surface area contributed by atoms with Crippen molar-refractivity contribution in [3.8, 4) is 0 Å². The van der Waals surface area contributed by atoms with Gasteiger partial charge in [0.25, 0.3) is 0 Å². The van der Waals surface area contributed by atoms with Gasteiger partial charge in [0.2, 0.25) is 5.95 Å². The van der Waals surface area contributed by atoms with E-state index in [0.717, 1.165) is 24.1 Å². The standard InChI is InChI=1S/C12H13N5/c13-12-15-10-4-1-2-5-11(10)17(12)9-8-16-7-3-6-14-16/h1-7H,8-9H2,(H2,13,15). The molecule has 1 aromatic carbocycles. The molecule has 2 aromatic heterocycles. The van der Waals surface area contributed by atoms with Crippen LogP contribution in [0.1, 0.15) is 0 Å². The SMILES string of the molecule is Nc1nc2ccccc2n1CCn1cccn1. The first-order valence-corrected chi connectivity index (χ1v) is 5.53. The molecule has 0 fully saturated rings. The van der Waals surface area contributed by atoms with Crippen molar-refractivity contribution in [3.05, 3.63) is 42.7 Å². The Hall–Kier alpha value is -2.30. The van der Waals surface area contributed by atoms with Crippen molar-refractivity contribution in [2.75, 3.05) is 5.73 Å². The van der Waals surface area contributed by atoms with Crippen LogP contribution in [0.15, 0.2) is 42.7 Å². The number of nitrogens with zero attached hydrogens (tertiary/aromatic N) is 4. The Bertz CT molecular complexity index is 623. The quantitative estimate of drug-likeness (QED) is 0.737. The van der Waals surface area contributed by atoms with Crippen molar-refractivity contribution in [1.29, 1.82) is 0 Å². The number of nitrogen functional groups attached to an aromatic ring is 1. The molecular weight excluding hydrogens is 214 g/mol. The molecule has 17 heavy (non-hydrogen) atoms. The maximum absolute atomic E-state index is 5.91. The molecule has 0 atom stereocenters. The van der Waals surface area contributed by atoms with E-state index >= 15 is 0 Å². The largest absolute Gasteiger partial charge is 0.369 e. The number of aryl methyl sites for hydroxylation is 2. The molecule has 86 valence electrons. The molecule has 5 heteroatoms. The highest BCUT2D eigenvalue weighted by Crippen LogP contribution is 2.17. The van der Waals surface area contributed by atoms with Crippen molar-refractivity contribution in [2.45, 2.75) is 13.1 Å². The normalized spacial score (nSPS) is 11.1. The summed E-state index contributed by atoms with van der Waals surface area (Å²) in [4.78, 5) is 4.32. The second-order valence-electron chi connectivity index (χ2n) is 3.88. The zero-order valence-corrected chi connectivity index (χ0v) is 9.32. The van der Waals surface area contributed by atoms with E-state index in [1.165, 1.54) is 0 Å². The van der Waals surface area contributed by atoms with Gasteiger partial charge in [-0.1, -0.05) is 12.1 Å². The number of para-hydroxylation sites is 2. The van der Waals surface area contributed by atoms with Gasteiger partial charge in [-0.3, -0.25) is 4.68 Å². The van der Waals surface area contributed by atoms with Crippen LogP contribution in [0.25, 0.3) is 11.0 Å². The third kappa shape index (κ3) is 1.75. The lowest BCUT2D eigenvalue weighted by Gasteiger charge is -2.06. The monoisotopic (exact) mass is 227 g/mol. The summed E-state index contributed by atoms with van der Waals surface area (Å²) in [6.07, 6.45) is 3.71. The topological polar surface area (TPSA) is 61.7 Å². The van der Waals surface area contributed by atoms with Gasteiger partial charge in [-0.05, 0) is 18.2 Å². The third-order valence-electron chi connectivity index (χ3n) is 2.80. The van der Waals surface area contributed by atoms with Crippen LogP contribution in [-0.2, 0) is 13.1 Å². The number of nitrogens with two attached hydrogens (primary N) is 1. The molecule has 3 rings (SSSR count). The molecule has 2 heterocycles. The predicted octanol–water partition coefficient (Wildman–Crippen LogP) is 1.52. The molecule has 0 bridgehead atoms. The molecule has 0 spiro atoms. The van der Waals surface area contributed by atoms with Crippen LogP contribution < -0.4 is 5.73 Å². The number of aromatic nitrogens is 4. The minimum atomic E-state index is 0.554. The number of hydrogen-bond acceptors (Lipinski definition) is 3. The van der Waals surface area contributed by atoms with Gasteiger partial charge in [0, 0.05) is 18.9 Å². The van der Waals surface area contributed by atoms with Crippen molar-refractivity contribution >= 4 is 17.0 Å². The van der Waals surface area contributed by atoms with Crippen LogP contribution in [0.3, 0.4) is 0 Å². The first-order valence-electron chi connectivity index (χ1n) is 5.53. The molecule has 0 saturated carbocycles. The molecule has 0 saturated heterocycles. The fourth-order valence-corrected chi connectivity index (χ4v) is 1.96. The fraction of sp³-hybridized carbons (Fsp3) is 0.167. The smallest absolute Gasteiger partial charge is 0.201 e. The molecule has 0 amide bonds. The Balaban J connectivity index is 1.92. The Morgan fingerprint density at radius 1 is 1.12 bits per heavy atom.